The number of aryl methyl sites for hydroxylation is 3. The molecule has 0 radical (unpaired) electrons. The number of hydrogen-bond acceptors (Lipinski definition) is 3. The molecule has 0 unspecified atom stereocenters. The molecule has 0 spiro atoms. The smallest absolute Gasteiger partial charge is 0.145 e. The van der Waals surface area contributed by atoms with E-state index in [2.05, 4.69) is 47.4 Å². The van der Waals surface area contributed by atoms with Crippen LogP contribution in [0.5, 0.6) is 0 Å². The molecular formula is C12H16N4. The van der Waals surface area contributed by atoms with Crippen LogP contribution in [0.1, 0.15) is 17.0 Å². The van der Waals surface area contributed by atoms with Crippen molar-refractivity contribution >= 4 is 5.69 Å². The van der Waals surface area contributed by atoms with Crippen LogP contribution < -0.4 is 5.32 Å². The van der Waals surface area contributed by atoms with Crippen LogP contribution in [0.4, 0.5) is 5.69 Å². The lowest BCUT2D eigenvalue weighted by molar-refractivity contribution is 0.711. The summed E-state index contributed by atoms with van der Waals surface area (Å²) >= 11 is 0. The van der Waals surface area contributed by atoms with Gasteiger partial charge in [-0.1, -0.05) is 18.2 Å². The van der Waals surface area contributed by atoms with Gasteiger partial charge in [-0.2, -0.15) is 5.10 Å². The zero-order chi connectivity index (χ0) is 11.5. The fourth-order valence-corrected chi connectivity index (χ4v) is 1.74. The first-order chi connectivity index (χ1) is 7.68. The van der Waals surface area contributed by atoms with Crippen LogP contribution in [0.25, 0.3) is 0 Å². The van der Waals surface area contributed by atoms with Gasteiger partial charge in [-0.3, -0.25) is 4.68 Å². The average molecular weight is 216 g/mol. The second kappa shape index (κ2) is 4.35. The van der Waals surface area contributed by atoms with Crippen molar-refractivity contribution < 1.29 is 0 Å². The third-order valence-corrected chi connectivity index (χ3v) is 2.71. The molecule has 2 aromatic rings. The summed E-state index contributed by atoms with van der Waals surface area (Å²) in [5.41, 5.74) is 3.69. The lowest BCUT2D eigenvalue weighted by Crippen LogP contribution is -2.08. The number of aromatic nitrogens is 3. The molecule has 0 atom stereocenters. The van der Waals surface area contributed by atoms with Crippen LogP contribution in [-0.2, 0) is 13.6 Å². The molecule has 0 saturated heterocycles. The SMILES string of the molecule is Cc1cccc(C)c1NCc1ncnn1C. The van der Waals surface area contributed by atoms with E-state index in [0.717, 1.165) is 5.82 Å². The molecule has 4 heteroatoms. The predicted molar refractivity (Wildman–Crippen MR) is 64.2 cm³/mol. The zero-order valence-electron chi connectivity index (χ0n) is 9.86. The van der Waals surface area contributed by atoms with Crippen LogP contribution >= 0.6 is 0 Å². The quantitative estimate of drug-likeness (QED) is 0.853. The molecule has 0 saturated carbocycles. The maximum atomic E-state index is 4.18. The van der Waals surface area contributed by atoms with Crippen LogP contribution in [-0.4, -0.2) is 14.8 Å². The van der Waals surface area contributed by atoms with E-state index in [9.17, 15) is 0 Å². The molecule has 1 heterocycles. The number of rotatable bonds is 3. The Morgan fingerprint density at radius 3 is 2.50 bits per heavy atom. The Balaban J connectivity index is 2.14. The number of para-hydroxylation sites is 1. The molecule has 0 amide bonds. The maximum absolute atomic E-state index is 4.18. The summed E-state index contributed by atoms with van der Waals surface area (Å²) < 4.78 is 1.78. The van der Waals surface area contributed by atoms with E-state index in [1.807, 2.05) is 7.05 Å². The van der Waals surface area contributed by atoms with Crippen molar-refractivity contribution in [3.8, 4) is 0 Å². The predicted octanol–water partition coefficient (Wildman–Crippen LogP) is 2.04. The first-order valence-corrected chi connectivity index (χ1v) is 5.31. The Morgan fingerprint density at radius 1 is 1.25 bits per heavy atom. The largest absolute Gasteiger partial charge is 0.377 e. The summed E-state index contributed by atoms with van der Waals surface area (Å²) in [4.78, 5) is 4.18. The third-order valence-electron chi connectivity index (χ3n) is 2.71. The number of hydrogen-bond donors (Lipinski definition) is 1. The summed E-state index contributed by atoms with van der Waals surface area (Å²) in [5, 5.41) is 7.44. The number of anilines is 1. The van der Waals surface area contributed by atoms with E-state index >= 15 is 0 Å². The Labute approximate surface area is 95.3 Å². The van der Waals surface area contributed by atoms with Gasteiger partial charge in [0.25, 0.3) is 0 Å². The summed E-state index contributed by atoms with van der Waals surface area (Å²) in [5.74, 6) is 0.933. The van der Waals surface area contributed by atoms with Gasteiger partial charge in [0, 0.05) is 12.7 Å². The first-order valence-electron chi connectivity index (χ1n) is 5.31. The monoisotopic (exact) mass is 216 g/mol. The average Bonchev–Trinajstić information content (AvgIpc) is 2.64. The molecule has 0 fully saturated rings. The van der Waals surface area contributed by atoms with Crippen molar-refractivity contribution in [1.29, 1.82) is 0 Å². The zero-order valence-corrected chi connectivity index (χ0v) is 9.86. The van der Waals surface area contributed by atoms with Crippen LogP contribution in [0.2, 0.25) is 0 Å². The molecular weight excluding hydrogens is 200 g/mol. The fourth-order valence-electron chi connectivity index (χ4n) is 1.74. The van der Waals surface area contributed by atoms with Crippen molar-refractivity contribution in [1.82, 2.24) is 14.8 Å². The first kappa shape index (κ1) is 10.7. The molecule has 1 aromatic carbocycles. The minimum Gasteiger partial charge on any atom is -0.377 e. The Hall–Kier alpha value is -1.84. The number of nitrogens with one attached hydrogen (secondary N) is 1. The van der Waals surface area contributed by atoms with E-state index < -0.39 is 0 Å². The van der Waals surface area contributed by atoms with Crippen molar-refractivity contribution in [2.75, 3.05) is 5.32 Å². The maximum Gasteiger partial charge on any atom is 0.145 e. The molecule has 0 aliphatic carbocycles. The molecule has 4 nitrogen and oxygen atoms in total. The Bertz CT molecular complexity index is 467. The Morgan fingerprint density at radius 2 is 1.94 bits per heavy atom. The fraction of sp³-hybridized carbons (Fsp3) is 0.333. The van der Waals surface area contributed by atoms with E-state index in [-0.39, 0.29) is 0 Å². The highest BCUT2D eigenvalue weighted by molar-refractivity contribution is 5.56. The van der Waals surface area contributed by atoms with Gasteiger partial charge in [0.2, 0.25) is 0 Å². The second-order valence-electron chi connectivity index (χ2n) is 3.92. The minimum absolute atomic E-state index is 0.697. The van der Waals surface area contributed by atoms with Gasteiger partial charge in [-0.15, -0.1) is 0 Å². The van der Waals surface area contributed by atoms with Crippen molar-refractivity contribution in [3.63, 3.8) is 0 Å². The summed E-state index contributed by atoms with van der Waals surface area (Å²) in [6.07, 6.45) is 1.57. The van der Waals surface area contributed by atoms with Crippen molar-refractivity contribution in [3.05, 3.63) is 41.5 Å². The third kappa shape index (κ3) is 2.05. The lowest BCUT2D eigenvalue weighted by Gasteiger charge is -2.11. The molecule has 0 aliphatic rings. The van der Waals surface area contributed by atoms with Gasteiger partial charge in [0.05, 0.1) is 6.54 Å². The minimum atomic E-state index is 0.697. The molecule has 0 bridgehead atoms. The lowest BCUT2D eigenvalue weighted by atomic mass is 10.1. The summed E-state index contributed by atoms with van der Waals surface area (Å²) in [6.45, 7) is 4.90. The molecule has 1 aromatic heterocycles. The number of nitrogens with zero attached hydrogens (tertiary/aromatic N) is 3. The normalized spacial score (nSPS) is 10.4. The molecule has 1 N–H and O–H groups in total. The number of benzene rings is 1. The summed E-state index contributed by atoms with van der Waals surface area (Å²) in [6, 6.07) is 6.27. The van der Waals surface area contributed by atoms with Crippen molar-refractivity contribution in [2.24, 2.45) is 7.05 Å². The van der Waals surface area contributed by atoms with Gasteiger partial charge in [0.1, 0.15) is 12.2 Å². The molecule has 16 heavy (non-hydrogen) atoms. The van der Waals surface area contributed by atoms with Gasteiger partial charge in [-0.25, -0.2) is 4.98 Å². The van der Waals surface area contributed by atoms with E-state index in [1.165, 1.54) is 16.8 Å². The van der Waals surface area contributed by atoms with E-state index in [1.54, 1.807) is 11.0 Å². The van der Waals surface area contributed by atoms with Gasteiger partial charge in [0.15, 0.2) is 0 Å². The van der Waals surface area contributed by atoms with E-state index in [4.69, 9.17) is 0 Å². The molecule has 84 valence electrons. The standard InChI is InChI=1S/C12H16N4/c1-9-5-4-6-10(2)12(9)13-7-11-14-8-15-16(11)3/h4-6,8,13H,7H2,1-3H3. The molecule has 2 rings (SSSR count). The Kier molecular flexibility index (Phi) is 2.90. The van der Waals surface area contributed by atoms with Gasteiger partial charge < -0.3 is 5.32 Å². The van der Waals surface area contributed by atoms with E-state index in [0.29, 0.717) is 6.54 Å². The van der Waals surface area contributed by atoms with Crippen LogP contribution in [0, 0.1) is 13.8 Å². The highest BCUT2D eigenvalue weighted by Crippen LogP contribution is 2.19. The van der Waals surface area contributed by atoms with Crippen LogP contribution in [0.15, 0.2) is 24.5 Å². The van der Waals surface area contributed by atoms with Crippen molar-refractivity contribution in [2.45, 2.75) is 20.4 Å². The summed E-state index contributed by atoms with van der Waals surface area (Å²) in [7, 11) is 1.90. The van der Waals surface area contributed by atoms with Gasteiger partial charge >= 0.3 is 0 Å². The second-order valence-corrected chi connectivity index (χ2v) is 3.92. The van der Waals surface area contributed by atoms with Gasteiger partial charge in [-0.05, 0) is 25.0 Å². The highest BCUT2D eigenvalue weighted by Gasteiger charge is 2.03. The highest BCUT2D eigenvalue weighted by atomic mass is 15.3. The molecule has 0 aliphatic heterocycles. The topological polar surface area (TPSA) is 42.7 Å². The van der Waals surface area contributed by atoms with Crippen LogP contribution in [0.3, 0.4) is 0 Å².